The van der Waals surface area contributed by atoms with E-state index in [0.29, 0.717) is 0 Å². The Morgan fingerprint density at radius 2 is 2.30 bits per heavy atom. The zero-order valence-corrected chi connectivity index (χ0v) is 8.78. The molecule has 0 N–H and O–H groups in total. The van der Waals surface area contributed by atoms with E-state index in [9.17, 15) is 0 Å². The molecule has 0 aliphatic carbocycles. The van der Waals surface area contributed by atoms with Gasteiger partial charge in [0.1, 0.15) is 0 Å². The molecule has 0 radical (unpaired) electrons. The van der Waals surface area contributed by atoms with Crippen LogP contribution in [0.4, 0.5) is 0 Å². The van der Waals surface area contributed by atoms with Gasteiger partial charge in [0.15, 0.2) is 0 Å². The summed E-state index contributed by atoms with van der Waals surface area (Å²) < 4.78 is 0. The SMILES string of the molecule is CSCc1ccccn1.[Pt]. The second-order valence-electron chi connectivity index (χ2n) is 1.75. The van der Waals surface area contributed by atoms with Crippen molar-refractivity contribution in [2.24, 2.45) is 0 Å². The van der Waals surface area contributed by atoms with Crippen molar-refractivity contribution in [3.63, 3.8) is 0 Å². The number of rotatable bonds is 2. The Morgan fingerprint density at radius 3 is 2.80 bits per heavy atom. The fraction of sp³-hybridized carbons (Fsp3) is 0.286. The van der Waals surface area contributed by atoms with Gasteiger partial charge in [-0.3, -0.25) is 4.98 Å². The molecule has 0 spiro atoms. The van der Waals surface area contributed by atoms with E-state index >= 15 is 0 Å². The summed E-state index contributed by atoms with van der Waals surface area (Å²) in [6.45, 7) is 0. The van der Waals surface area contributed by atoms with Gasteiger partial charge in [0.05, 0.1) is 5.69 Å². The van der Waals surface area contributed by atoms with Crippen LogP contribution >= 0.6 is 11.8 Å². The van der Waals surface area contributed by atoms with E-state index in [4.69, 9.17) is 0 Å². The maximum absolute atomic E-state index is 4.15. The minimum atomic E-state index is 0. The Morgan fingerprint density at radius 1 is 1.50 bits per heavy atom. The Labute approximate surface area is 79.9 Å². The summed E-state index contributed by atoms with van der Waals surface area (Å²) in [7, 11) is 0. The van der Waals surface area contributed by atoms with Crippen molar-refractivity contribution >= 4 is 11.8 Å². The molecule has 1 heterocycles. The minimum absolute atomic E-state index is 0. The first-order chi connectivity index (χ1) is 4.43. The summed E-state index contributed by atoms with van der Waals surface area (Å²) in [6.07, 6.45) is 3.90. The van der Waals surface area contributed by atoms with Crippen LogP contribution in [-0.4, -0.2) is 11.2 Å². The van der Waals surface area contributed by atoms with Gasteiger partial charge >= 0.3 is 0 Å². The van der Waals surface area contributed by atoms with Crippen molar-refractivity contribution in [2.45, 2.75) is 5.75 Å². The Kier molecular flexibility index (Phi) is 6.05. The number of thioether (sulfide) groups is 1. The van der Waals surface area contributed by atoms with Gasteiger partial charge in [0.2, 0.25) is 0 Å². The third-order valence-electron chi connectivity index (χ3n) is 1.02. The van der Waals surface area contributed by atoms with Gasteiger partial charge in [-0.15, -0.1) is 0 Å². The third kappa shape index (κ3) is 3.38. The summed E-state index contributed by atoms with van der Waals surface area (Å²) in [5, 5.41) is 0. The molecule has 0 saturated carbocycles. The fourth-order valence-electron chi connectivity index (χ4n) is 0.631. The zero-order valence-electron chi connectivity index (χ0n) is 5.69. The normalized spacial score (nSPS) is 8.50. The van der Waals surface area contributed by atoms with E-state index in [2.05, 4.69) is 11.2 Å². The van der Waals surface area contributed by atoms with Gasteiger partial charge in [-0.1, -0.05) is 6.07 Å². The van der Waals surface area contributed by atoms with E-state index in [1.54, 1.807) is 11.8 Å². The van der Waals surface area contributed by atoms with E-state index in [0.717, 1.165) is 11.4 Å². The minimum Gasteiger partial charge on any atom is -0.260 e. The smallest absolute Gasteiger partial charge is 0.0502 e. The van der Waals surface area contributed by atoms with Gasteiger partial charge in [0, 0.05) is 33.0 Å². The molecule has 0 aliphatic heterocycles. The van der Waals surface area contributed by atoms with Crippen molar-refractivity contribution in [1.82, 2.24) is 4.98 Å². The van der Waals surface area contributed by atoms with E-state index in [1.807, 2.05) is 24.4 Å². The second kappa shape index (κ2) is 5.93. The molecule has 0 saturated heterocycles. The Hall–Kier alpha value is 0.188. The van der Waals surface area contributed by atoms with Crippen LogP contribution in [0.3, 0.4) is 0 Å². The van der Waals surface area contributed by atoms with Crippen molar-refractivity contribution in [2.75, 3.05) is 6.26 Å². The van der Waals surface area contributed by atoms with Crippen molar-refractivity contribution in [1.29, 1.82) is 0 Å². The average Bonchev–Trinajstić information content (AvgIpc) is 1.91. The van der Waals surface area contributed by atoms with E-state index in [-0.39, 0.29) is 21.1 Å². The summed E-state index contributed by atoms with van der Waals surface area (Å²) in [5.41, 5.74) is 1.16. The van der Waals surface area contributed by atoms with E-state index < -0.39 is 0 Å². The Bertz CT molecular complexity index is 167. The number of pyridine rings is 1. The van der Waals surface area contributed by atoms with Gasteiger partial charge in [-0.25, -0.2) is 0 Å². The molecule has 3 heteroatoms. The molecule has 1 aromatic heterocycles. The molecular formula is C7H9NPtS. The topological polar surface area (TPSA) is 12.9 Å². The molecule has 0 amide bonds. The standard InChI is InChI=1S/C7H9NS.Pt/c1-9-6-7-4-2-3-5-8-7;/h2-5H,6H2,1H3;. The molecule has 1 rings (SSSR count). The average molecular weight is 334 g/mol. The maximum Gasteiger partial charge on any atom is 0.0502 e. The van der Waals surface area contributed by atoms with Crippen LogP contribution < -0.4 is 0 Å². The number of hydrogen-bond acceptors (Lipinski definition) is 2. The quantitative estimate of drug-likeness (QED) is 0.820. The van der Waals surface area contributed by atoms with Crippen LogP contribution in [0.1, 0.15) is 5.69 Å². The van der Waals surface area contributed by atoms with Crippen LogP contribution in [0.15, 0.2) is 24.4 Å². The van der Waals surface area contributed by atoms with Gasteiger partial charge in [0.25, 0.3) is 0 Å². The molecule has 10 heavy (non-hydrogen) atoms. The number of hydrogen-bond donors (Lipinski definition) is 0. The molecule has 0 bridgehead atoms. The molecule has 0 unspecified atom stereocenters. The monoisotopic (exact) mass is 334 g/mol. The summed E-state index contributed by atoms with van der Waals surface area (Å²) in [4.78, 5) is 4.15. The maximum atomic E-state index is 4.15. The second-order valence-corrected chi connectivity index (χ2v) is 2.62. The molecular weight excluding hydrogens is 325 g/mol. The first-order valence-electron chi connectivity index (χ1n) is 2.82. The van der Waals surface area contributed by atoms with Gasteiger partial charge in [-0.2, -0.15) is 11.8 Å². The van der Waals surface area contributed by atoms with Gasteiger partial charge in [-0.05, 0) is 18.4 Å². The van der Waals surface area contributed by atoms with Crippen LogP contribution in [0.5, 0.6) is 0 Å². The Balaban J connectivity index is 0.000000810. The van der Waals surface area contributed by atoms with Crippen LogP contribution in [0, 0.1) is 0 Å². The predicted octanol–water partition coefficient (Wildman–Crippen LogP) is 1.94. The van der Waals surface area contributed by atoms with Crippen molar-refractivity contribution < 1.29 is 21.1 Å². The third-order valence-corrected chi connectivity index (χ3v) is 1.60. The molecule has 1 nitrogen and oxygen atoms in total. The zero-order chi connectivity index (χ0) is 6.53. The summed E-state index contributed by atoms with van der Waals surface area (Å²) in [6, 6.07) is 5.98. The summed E-state index contributed by atoms with van der Waals surface area (Å²) >= 11 is 1.79. The first kappa shape index (κ1) is 10.2. The molecule has 0 fully saturated rings. The number of aromatic nitrogens is 1. The fourth-order valence-corrected chi connectivity index (χ4v) is 1.10. The van der Waals surface area contributed by atoms with Crippen LogP contribution in [-0.2, 0) is 26.8 Å². The molecule has 58 valence electrons. The summed E-state index contributed by atoms with van der Waals surface area (Å²) in [5.74, 6) is 1.01. The number of nitrogens with zero attached hydrogens (tertiary/aromatic N) is 1. The van der Waals surface area contributed by atoms with Gasteiger partial charge < -0.3 is 0 Å². The van der Waals surface area contributed by atoms with Crippen molar-refractivity contribution in [3.8, 4) is 0 Å². The molecule has 1 aromatic rings. The molecule has 0 atom stereocenters. The van der Waals surface area contributed by atoms with Crippen LogP contribution in [0.25, 0.3) is 0 Å². The predicted molar refractivity (Wildman–Crippen MR) is 41.5 cm³/mol. The van der Waals surface area contributed by atoms with Crippen molar-refractivity contribution in [3.05, 3.63) is 30.1 Å². The molecule has 0 aromatic carbocycles. The van der Waals surface area contributed by atoms with Crippen LogP contribution in [0.2, 0.25) is 0 Å². The van der Waals surface area contributed by atoms with E-state index in [1.165, 1.54) is 0 Å². The molecule has 0 aliphatic rings. The largest absolute Gasteiger partial charge is 0.260 e. The first-order valence-corrected chi connectivity index (χ1v) is 4.21.